The van der Waals surface area contributed by atoms with Crippen molar-refractivity contribution in [3.05, 3.63) is 0 Å². The van der Waals surface area contributed by atoms with Crippen molar-refractivity contribution in [2.24, 2.45) is 0 Å². The average Bonchev–Trinajstić information content (AvgIpc) is 2.61. The summed E-state index contributed by atoms with van der Waals surface area (Å²) in [5.41, 5.74) is 0.140. The Hall–Kier alpha value is -0.570. The minimum Gasteiger partial charge on any atom is -0.349 e. The zero-order valence-corrected chi connectivity index (χ0v) is 8.47. The minimum absolute atomic E-state index is 0.140. The molecule has 2 saturated heterocycles. The summed E-state index contributed by atoms with van der Waals surface area (Å²) < 4.78 is 0. The molecular formula is C10H18N2O. The molecule has 1 unspecified atom stereocenters. The predicted molar refractivity (Wildman–Crippen MR) is 51.4 cm³/mol. The lowest BCUT2D eigenvalue weighted by atomic mass is 9.97. The van der Waals surface area contributed by atoms with Crippen LogP contribution < -0.4 is 5.32 Å². The van der Waals surface area contributed by atoms with Gasteiger partial charge in [0.2, 0.25) is 5.91 Å². The van der Waals surface area contributed by atoms with Crippen molar-refractivity contribution in [3.63, 3.8) is 0 Å². The van der Waals surface area contributed by atoms with Crippen LogP contribution >= 0.6 is 0 Å². The summed E-state index contributed by atoms with van der Waals surface area (Å²) in [4.78, 5) is 13.6. The standard InChI is InChI=1S/C10H18N2O/c1-8(2)12-6-5-10(7-12)4-3-9(13)11-10/h8H,3-7H2,1-2H3,(H,11,13). The Balaban J connectivity index is 2.01. The molecule has 3 heteroatoms. The van der Waals surface area contributed by atoms with Gasteiger partial charge in [-0.1, -0.05) is 0 Å². The summed E-state index contributed by atoms with van der Waals surface area (Å²) in [5.74, 6) is 0.241. The molecule has 0 saturated carbocycles. The largest absolute Gasteiger partial charge is 0.349 e. The number of likely N-dealkylation sites (tertiary alicyclic amines) is 1. The minimum atomic E-state index is 0.140. The molecule has 74 valence electrons. The number of nitrogens with one attached hydrogen (secondary N) is 1. The van der Waals surface area contributed by atoms with Gasteiger partial charge < -0.3 is 5.32 Å². The van der Waals surface area contributed by atoms with Crippen molar-refractivity contribution in [1.82, 2.24) is 10.2 Å². The smallest absolute Gasteiger partial charge is 0.220 e. The molecule has 2 aliphatic heterocycles. The summed E-state index contributed by atoms with van der Waals surface area (Å²) in [6, 6.07) is 0.608. The van der Waals surface area contributed by atoms with E-state index in [0.29, 0.717) is 6.04 Å². The number of hydrogen-bond acceptors (Lipinski definition) is 2. The lowest BCUT2D eigenvalue weighted by Crippen LogP contribution is -2.44. The van der Waals surface area contributed by atoms with Gasteiger partial charge in [-0.05, 0) is 26.7 Å². The maximum absolute atomic E-state index is 11.2. The first-order chi connectivity index (χ1) is 6.11. The normalized spacial score (nSPS) is 34.8. The highest BCUT2D eigenvalue weighted by atomic mass is 16.2. The van der Waals surface area contributed by atoms with E-state index >= 15 is 0 Å². The first-order valence-electron chi connectivity index (χ1n) is 5.16. The van der Waals surface area contributed by atoms with Crippen molar-refractivity contribution in [2.45, 2.75) is 44.7 Å². The molecule has 0 aromatic heterocycles. The zero-order valence-electron chi connectivity index (χ0n) is 8.47. The van der Waals surface area contributed by atoms with Gasteiger partial charge >= 0.3 is 0 Å². The molecule has 2 fully saturated rings. The number of rotatable bonds is 1. The zero-order chi connectivity index (χ0) is 9.47. The van der Waals surface area contributed by atoms with E-state index in [2.05, 4.69) is 24.1 Å². The van der Waals surface area contributed by atoms with Gasteiger partial charge in [0, 0.05) is 25.6 Å². The molecule has 2 heterocycles. The highest BCUT2D eigenvalue weighted by molar-refractivity contribution is 5.79. The summed E-state index contributed by atoms with van der Waals surface area (Å²) in [7, 11) is 0. The van der Waals surface area contributed by atoms with E-state index in [-0.39, 0.29) is 11.4 Å². The third-order valence-corrected chi connectivity index (χ3v) is 3.35. The Kier molecular flexibility index (Phi) is 2.06. The van der Waals surface area contributed by atoms with Crippen LogP contribution in [-0.4, -0.2) is 35.5 Å². The Morgan fingerprint density at radius 1 is 1.46 bits per heavy atom. The molecule has 0 aliphatic carbocycles. The number of amides is 1. The van der Waals surface area contributed by atoms with Crippen molar-refractivity contribution < 1.29 is 4.79 Å². The molecule has 2 rings (SSSR count). The fourth-order valence-electron chi connectivity index (χ4n) is 2.42. The molecule has 1 spiro atoms. The van der Waals surface area contributed by atoms with E-state index in [1.54, 1.807) is 0 Å². The quantitative estimate of drug-likeness (QED) is 0.649. The molecule has 3 nitrogen and oxygen atoms in total. The second-order valence-electron chi connectivity index (χ2n) is 4.64. The molecule has 0 bridgehead atoms. The molecule has 2 aliphatic rings. The lowest BCUT2D eigenvalue weighted by Gasteiger charge is -2.25. The van der Waals surface area contributed by atoms with Gasteiger partial charge in [0.25, 0.3) is 0 Å². The third kappa shape index (κ3) is 1.57. The maximum Gasteiger partial charge on any atom is 0.220 e. The van der Waals surface area contributed by atoms with Crippen LogP contribution in [0.3, 0.4) is 0 Å². The number of nitrogens with zero attached hydrogens (tertiary/aromatic N) is 1. The van der Waals surface area contributed by atoms with Gasteiger partial charge in [-0.2, -0.15) is 0 Å². The fraction of sp³-hybridized carbons (Fsp3) is 0.900. The van der Waals surface area contributed by atoms with Gasteiger partial charge in [-0.15, -0.1) is 0 Å². The van der Waals surface area contributed by atoms with Crippen LogP contribution in [0.5, 0.6) is 0 Å². The lowest BCUT2D eigenvalue weighted by molar-refractivity contribution is -0.119. The molecule has 1 N–H and O–H groups in total. The van der Waals surface area contributed by atoms with Crippen LogP contribution in [0.2, 0.25) is 0 Å². The van der Waals surface area contributed by atoms with Crippen LogP contribution in [0.1, 0.15) is 33.1 Å². The Morgan fingerprint density at radius 3 is 2.69 bits per heavy atom. The van der Waals surface area contributed by atoms with Crippen molar-refractivity contribution in [3.8, 4) is 0 Å². The fourth-order valence-corrected chi connectivity index (χ4v) is 2.42. The van der Waals surface area contributed by atoms with Gasteiger partial charge in [-0.3, -0.25) is 9.69 Å². The van der Waals surface area contributed by atoms with E-state index in [0.717, 1.165) is 32.4 Å². The summed E-state index contributed by atoms with van der Waals surface area (Å²) in [6.07, 6.45) is 2.90. The van der Waals surface area contributed by atoms with E-state index in [4.69, 9.17) is 0 Å². The number of carbonyl (C=O) groups excluding carboxylic acids is 1. The van der Waals surface area contributed by atoms with Crippen LogP contribution in [0.25, 0.3) is 0 Å². The van der Waals surface area contributed by atoms with E-state index in [9.17, 15) is 4.79 Å². The molecule has 1 atom stereocenters. The first-order valence-corrected chi connectivity index (χ1v) is 5.16. The Bertz CT molecular complexity index is 227. The molecule has 0 aromatic carbocycles. The van der Waals surface area contributed by atoms with E-state index in [1.165, 1.54) is 0 Å². The van der Waals surface area contributed by atoms with Crippen molar-refractivity contribution in [2.75, 3.05) is 13.1 Å². The van der Waals surface area contributed by atoms with Crippen LogP contribution in [0.4, 0.5) is 0 Å². The third-order valence-electron chi connectivity index (χ3n) is 3.35. The molecule has 13 heavy (non-hydrogen) atoms. The van der Waals surface area contributed by atoms with Gasteiger partial charge in [0.15, 0.2) is 0 Å². The highest BCUT2D eigenvalue weighted by Gasteiger charge is 2.43. The van der Waals surface area contributed by atoms with Gasteiger partial charge in [0.1, 0.15) is 0 Å². The van der Waals surface area contributed by atoms with Crippen molar-refractivity contribution >= 4 is 5.91 Å². The maximum atomic E-state index is 11.2. The molecule has 0 aromatic rings. The molecular weight excluding hydrogens is 164 g/mol. The first kappa shape index (κ1) is 9.00. The average molecular weight is 182 g/mol. The van der Waals surface area contributed by atoms with E-state index < -0.39 is 0 Å². The van der Waals surface area contributed by atoms with Crippen LogP contribution in [-0.2, 0) is 4.79 Å². The second-order valence-corrected chi connectivity index (χ2v) is 4.64. The topological polar surface area (TPSA) is 32.3 Å². The molecule has 1 amide bonds. The highest BCUT2D eigenvalue weighted by Crippen LogP contribution is 2.31. The molecule has 0 radical (unpaired) electrons. The SMILES string of the molecule is CC(C)N1CCC2(CCC(=O)N2)C1. The van der Waals surface area contributed by atoms with Gasteiger partial charge in [0.05, 0.1) is 5.54 Å². The number of hydrogen-bond donors (Lipinski definition) is 1. The predicted octanol–water partition coefficient (Wildman–Crippen LogP) is 0.749. The second kappa shape index (κ2) is 2.98. The Labute approximate surface area is 79.5 Å². The van der Waals surface area contributed by atoms with Crippen molar-refractivity contribution in [1.29, 1.82) is 0 Å². The summed E-state index contributed by atoms with van der Waals surface area (Å²) >= 11 is 0. The summed E-state index contributed by atoms with van der Waals surface area (Å²) in [5, 5.41) is 3.13. The van der Waals surface area contributed by atoms with Crippen LogP contribution in [0, 0.1) is 0 Å². The monoisotopic (exact) mass is 182 g/mol. The number of carbonyl (C=O) groups is 1. The van der Waals surface area contributed by atoms with Gasteiger partial charge in [-0.25, -0.2) is 0 Å². The van der Waals surface area contributed by atoms with Crippen LogP contribution in [0.15, 0.2) is 0 Å². The Morgan fingerprint density at radius 2 is 2.23 bits per heavy atom. The summed E-state index contributed by atoms with van der Waals surface area (Å²) in [6.45, 7) is 6.62. The van der Waals surface area contributed by atoms with E-state index in [1.807, 2.05) is 0 Å².